The Labute approximate surface area is 79.3 Å². The van der Waals surface area contributed by atoms with Crippen LogP contribution in [-0.4, -0.2) is 16.5 Å². The normalized spacial score (nSPS) is 12.6. The Morgan fingerprint density at radius 2 is 0.900 bits per heavy atom. The molecule has 0 bridgehead atoms. The smallest absolute Gasteiger partial charge is 0.360 e. The predicted molar refractivity (Wildman–Crippen MR) is 49.8 cm³/mol. The summed E-state index contributed by atoms with van der Waals surface area (Å²) >= 11 is 0. The first kappa shape index (κ1) is 13.6. The van der Waals surface area contributed by atoms with Crippen LogP contribution in [0.1, 0.15) is 0 Å². The molecule has 0 spiro atoms. The fourth-order valence-corrected chi connectivity index (χ4v) is 10.1. The van der Waals surface area contributed by atoms with E-state index < -0.39 is 16.5 Å². The molecule has 0 aromatic carbocycles. The van der Waals surface area contributed by atoms with Crippen LogP contribution in [0.3, 0.4) is 0 Å². The van der Waals surface area contributed by atoms with Gasteiger partial charge in [0.05, 0.1) is 0 Å². The number of rotatable bonds is 2. The van der Waals surface area contributed by atoms with Crippen LogP contribution in [0.15, 0.2) is 0 Å². The first-order valence-corrected chi connectivity index (χ1v) is 10.5. The van der Waals surface area contributed by atoms with Gasteiger partial charge < -0.3 is 4.65 Å². The van der Waals surface area contributed by atoms with Crippen molar-refractivity contribution in [2.45, 2.75) is 39.3 Å². The monoisotopic (exact) mass is 168 g/mol. The van der Waals surface area contributed by atoms with Crippen LogP contribution in [0.4, 0.5) is 0 Å². The first-order chi connectivity index (χ1) is 3.71. The third-order valence-electron chi connectivity index (χ3n) is 0.750. The van der Waals surface area contributed by atoms with Crippen molar-refractivity contribution in [1.29, 1.82) is 0 Å². The molecule has 0 fully saturated rings. The molecule has 0 aliphatic heterocycles. The van der Waals surface area contributed by atoms with Crippen molar-refractivity contribution in [2.24, 2.45) is 0 Å². The minimum atomic E-state index is -0.981. The number of hydrogen-bond acceptors (Lipinski definition) is 1. The van der Waals surface area contributed by atoms with Gasteiger partial charge in [0.15, 0.2) is 0 Å². The first-order valence-electron chi connectivity index (χ1n) is 3.50. The molecule has 0 amide bonds. The molecule has 56 valence electrons. The maximum absolute atomic E-state index is 3.74. The molecule has 1 N–H and O–H groups in total. The van der Waals surface area contributed by atoms with E-state index in [-0.39, 0.29) is 18.9 Å². The predicted octanol–water partition coefficient (Wildman–Crippen LogP) is -0.750. The Morgan fingerprint density at radius 1 is 0.700 bits per heavy atom. The van der Waals surface area contributed by atoms with E-state index in [0.717, 1.165) is 0 Å². The van der Waals surface area contributed by atoms with Crippen molar-refractivity contribution in [3.05, 3.63) is 0 Å². The maximum Gasteiger partial charge on any atom is 1.00 e. The Kier molecular flexibility index (Phi) is 5.60. The van der Waals surface area contributed by atoms with Crippen molar-refractivity contribution in [3.8, 4) is 0 Å². The van der Waals surface area contributed by atoms with Gasteiger partial charge in [-0.15, -0.1) is 0 Å². The molecule has 0 unspecified atom stereocenters. The summed E-state index contributed by atoms with van der Waals surface area (Å²) in [6.07, 6.45) is 0. The standard InChI is InChI=1S/C6H19NSi2.Li/c1-8(2,3)7-9(4,5)6;/h7H,1-6H3;/q;+1. The Hall–Kier alpha value is 0.991. The molecule has 0 heterocycles. The van der Waals surface area contributed by atoms with Crippen LogP contribution >= 0.6 is 0 Å². The van der Waals surface area contributed by atoms with Gasteiger partial charge in [0.25, 0.3) is 0 Å². The van der Waals surface area contributed by atoms with E-state index >= 15 is 0 Å². The largest absolute Gasteiger partial charge is 1.00 e. The summed E-state index contributed by atoms with van der Waals surface area (Å²) in [7, 11) is -1.96. The van der Waals surface area contributed by atoms with Gasteiger partial charge in [-0.3, -0.25) is 0 Å². The van der Waals surface area contributed by atoms with E-state index in [0.29, 0.717) is 0 Å². The number of hydrogen-bond donors (Lipinski definition) is 1. The summed E-state index contributed by atoms with van der Waals surface area (Å²) in [4.78, 5) is 0. The van der Waals surface area contributed by atoms with Crippen LogP contribution in [0, 0.1) is 0 Å². The van der Waals surface area contributed by atoms with E-state index in [1.54, 1.807) is 0 Å². The Bertz CT molecular complexity index is 80.9. The molecular weight excluding hydrogens is 149 g/mol. The Balaban J connectivity index is 0. The van der Waals surface area contributed by atoms with Crippen molar-refractivity contribution in [2.75, 3.05) is 0 Å². The van der Waals surface area contributed by atoms with Crippen molar-refractivity contribution < 1.29 is 18.9 Å². The number of nitrogens with one attached hydrogen (secondary N) is 1. The molecule has 0 aliphatic rings. The average Bonchev–Trinajstić information content (AvgIpc) is 1.14. The summed E-state index contributed by atoms with van der Waals surface area (Å²) in [5.41, 5.74) is 0. The van der Waals surface area contributed by atoms with Gasteiger partial charge in [0.2, 0.25) is 0 Å². The minimum Gasteiger partial charge on any atom is -0.360 e. The topological polar surface area (TPSA) is 12.0 Å². The minimum absolute atomic E-state index is 0. The second kappa shape index (κ2) is 4.13. The van der Waals surface area contributed by atoms with Gasteiger partial charge in [0, 0.05) is 0 Å². The van der Waals surface area contributed by atoms with Crippen LogP contribution in [-0.2, 0) is 0 Å². The van der Waals surface area contributed by atoms with E-state index in [4.69, 9.17) is 0 Å². The molecule has 0 rings (SSSR count). The van der Waals surface area contributed by atoms with Gasteiger partial charge >= 0.3 is 18.9 Å². The molecule has 0 aliphatic carbocycles. The molecule has 0 radical (unpaired) electrons. The average molecular weight is 168 g/mol. The second-order valence-corrected chi connectivity index (χ2v) is 14.6. The van der Waals surface area contributed by atoms with Gasteiger partial charge in [0.1, 0.15) is 16.5 Å². The summed E-state index contributed by atoms with van der Waals surface area (Å²) in [5.74, 6) is 0. The second-order valence-electron chi connectivity index (χ2n) is 4.62. The van der Waals surface area contributed by atoms with Crippen molar-refractivity contribution in [3.63, 3.8) is 0 Å². The molecule has 4 heteroatoms. The van der Waals surface area contributed by atoms with Gasteiger partial charge in [-0.2, -0.15) is 0 Å². The molecular formula is C6H19LiNSi2+. The summed E-state index contributed by atoms with van der Waals surface area (Å²) in [5, 5.41) is 0. The van der Waals surface area contributed by atoms with E-state index in [9.17, 15) is 0 Å². The zero-order chi connectivity index (χ0) is 7.71. The third-order valence-corrected chi connectivity index (χ3v) is 6.75. The summed E-state index contributed by atoms with van der Waals surface area (Å²) < 4.78 is 3.74. The summed E-state index contributed by atoms with van der Waals surface area (Å²) in [6.45, 7) is 14.1. The zero-order valence-electron chi connectivity index (χ0n) is 8.50. The Morgan fingerprint density at radius 3 is 0.900 bits per heavy atom. The molecule has 10 heavy (non-hydrogen) atoms. The maximum atomic E-state index is 3.74. The molecule has 0 aromatic rings. The van der Waals surface area contributed by atoms with Gasteiger partial charge in [-0.05, 0) is 0 Å². The van der Waals surface area contributed by atoms with E-state index in [1.807, 2.05) is 0 Å². The van der Waals surface area contributed by atoms with E-state index in [2.05, 4.69) is 43.9 Å². The fourth-order valence-electron chi connectivity index (χ4n) is 1.12. The fraction of sp³-hybridized carbons (Fsp3) is 1.00. The molecule has 0 atom stereocenters. The molecule has 0 aromatic heterocycles. The van der Waals surface area contributed by atoms with Crippen molar-refractivity contribution in [1.82, 2.24) is 4.65 Å². The van der Waals surface area contributed by atoms with Crippen molar-refractivity contribution >= 4 is 16.5 Å². The quantitative estimate of drug-likeness (QED) is 0.535. The van der Waals surface area contributed by atoms with Crippen LogP contribution in [0.2, 0.25) is 39.3 Å². The SMILES string of the molecule is C[Si](C)(C)N[Si](C)(C)C.[Li+]. The van der Waals surface area contributed by atoms with Crippen LogP contribution in [0.25, 0.3) is 0 Å². The molecule has 0 saturated heterocycles. The van der Waals surface area contributed by atoms with E-state index in [1.165, 1.54) is 0 Å². The third kappa shape index (κ3) is 11.7. The van der Waals surface area contributed by atoms with Gasteiger partial charge in [-0.1, -0.05) is 39.3 Å². The van der Waals surface area contributed by atoms with Crippen LogP contribution in [0.5, 0.6) is 0 Å². The van der Waals surface area contributed by atoms with Crippen LogP contribution < -0.4 is 23.5 Å². The zero-order valence-corrected chi connectivity index (χ0v) is 10.5. The molecule has 0 saturated carbocycles. The molecule has 1 nitrogen and oxygen atoms in total. The summed E-state index contributed by atoms with van der Waals surface area (Å²) in [6, 6.07) is 0. The van der Waals surface area contributed by atoms with Gasteiger partial charge in [-0.25, -0.2) is 0 Å².